The van der Waals surface area contributed by atoms with E-state index in [9.17, 15) is 43.5 Å². The number of fused-ring (bicyclic) bond motifs is 1. The maximum Gasteiger partial charge on any atom is 0.433 e. The van der Waals surface area contributed by atoms with Gasteiger partial charge in [-0.3, -0.25) is 9.78 Å². The number of aliphatic hydroxyl groups excluding tert-OH is 1. The Labute approximate surface area is 249 Å². The summed E-state index contributed by atoms with van der Waals surface area (Å²) < 4.78 is 42.8. The van der Waals surface area contributed by atoms with Crippen LogP contribution in [0, 0.1) is 0 Å². The van der Waals surface area contributed by atoms with E-state index in [1.165, 1.54) is 24.3 Å². The molecule has 9 nitrogen and oxygen atoms in total. The second-order valence-electron chi connectivity index (χ2n) is 10.7. The molecular formula is C29H29BF3N3O6S. The Morgan fingerprint density at radius 2 is 1.77 bits per heavy atom. The third-order valence-corrected chi connectivity index (χ3v) is 8.45. The van der Waals surface area contributed by atoms with Gasteiger partial charge in [0.1, 0.15) is 5.69 Å². The number of benzene rings is 2. The zero-order valence-corrected chi connectivity index (χ0v) is 23.7. The van der Waals surface area contributed by atoms with Gasteiger partial charge >= 0.3 is 6.18 Å². The van der Waals surface area contributed by atoms with Gasteiger partial charge in [0.15, 0.2) is 13.5 Å². The van der Waals surface area contributed by atoms with Crippen molar-refractivity contribution in [3.63, 3.8) is 0 Å². The number of nitrogens with one attached hydrogen (secondary N) is 1. The summed E-state index contributed by atoms with van der Waals surface area (Å²) in [7, 11) is 0.829. The van der Waals surface area contributed by atoms with Crippen molar-refractivity contribution in [1.29, 1.82) is 0 Å². The van der Waals surface area contributed by atoms with Crippen LogP contribution >= 0.6 is 11.8 Å². The minimum Gasteiger partial charge on any atom is -0.394 e. The SMILES string of the molecule is BC(O)(O)C(O)(O)Sc1ccc(C(CO)NC(=O)c2ccc3c(c2)cc(Cc2cccnc2C(F)(F)F)n3C2CC2)cc1. The first kappa shape index (κ1) is 31.0. The van der Waals surface area contributed by atoms with E-state index in [1.54, 1.807) is 36.4 Å². The van der Waals surface area contributed by atoms with Crippen LogP contribution in [-0.2, 0) is 12.6 Å². The largest absolute Gasteiger partial charge is 0.433 e. The number of rotatable bonds is 10. The number of hydrogen-bond acceptors (Lipinski definition) is 8. The highest BCUT2D eigenvalue weighted by Crippen LogP contribution is 2.41. The fraction of sp³-hybridized carbons (Fsp3) is 0.310. The van der Waals surface area contributed by atoms with Gasteiger partial charge in [0.2, 0.25) is 0 Å². The molecule has 1 aliphatic rings. The molecule has 6 N–H and O–H groups in total. The van der Waals surface area contributed by atoms with Gasteiger partial charge in [0.05, 0.1) is 12.6 Å². The fourth-order valence-electron chi connectivity index (χ4n) is 4.87. The Balaban J connectivity index is 1.36. The maximum atomic E-state index is 13.6. The summed E-state index contributed by atoms with van der Waals surface area (Å²) in [6.45, 7) is -0.440. The second-order valence-corrected chi connectivity index (χ2v) is 11.9. The van der Waals surface area contributed by atoms with Crippen molar-refractivity contribution >= 4 is 36.4 Å². The van der Waals surface area contributed by atoms with E-state index in [4.69, 9.17) is 0 Å². The van der Waals surface area contributed by atoms with Crippen molar-refractivity contribution in [2.75, 3.05) is 6.61 Å². The molecule has 5 rings (SSSR count). The first-order chi connectivity index (χ1) is 20.2. The molecular weight excluding hydrogens is 586 g/mol. The van der Waals surface area contributed by atoms with Crippen LogP contribution < -0.4 is 5.32 Å². The average Bonchev–Trinajstić information content (AvgIpc) is 3.71. The lowest BCUT2D eigenvalue weighted by atomic mass is 9.94. The van der Waals surface area contributed by atoms with Crippen molar-refractivity contribution < 1.29 is 43.5 Å². The van der Waals surface area contributed by atoms with Gasteiger partial charge in [-0.2, -0.15) is 13.2 Å². The van der Waals surface area contributed by atoms with Gasteiger partial charge in [0.25, 0.3) is 11.0 Å². The molecule has 2 aromatic heterocycles. The monoisotopic (exact) mass is 615 g/mol. The first-order valence-electron chi connectivity index (χ1n) is 13.4. The molecule has 1 unspecified atom stereocenters. The van der Waals surface area contributed by atoms with Crippen molar-refractivity contribution in [3.05, 3.63) is 94.9 Å². The molecule has 0 saturated heterocycles. The zero-order chi connectivity index (χ0) is 31.2. The molecule has 2 aromatic carbocycles. The van der Waals surface area contributed by atoms with Crippen molar-refractivity contribution in [1.82, 2.24) is 14.9 Å². The van der Waals surface area contributed by atoms with Crippen LogP contribution in [0.25, 0.3) is 10.9 Å². The summed E-state index contributed by atoms with van der Waals surface area (Å²) in [6, 6.07) is 15.2. The number of amides is 1. The fourth-order valence-corrected chi connectivity index (χ4v) is 5.67. The Morgan fingerprint density at radius 1 is 1.07 bits per heavy atom. The number of halogens is 3. The number of pyridine rings is 1. The van der Waals surface area contributed by atoms with Crippen molar-refractivity contribution in [2.45, 2.75) is 53.2 Å². The molecule has 4 aromatic rings. The molecule has 0 bridgehead atoms. The molecule has 1 saturated carbocycles. The van der Waals surface area contributed by atoms with E-state index >= 15 is 0 Å². The first-order valence-corrected chi connectivity index (χ1v) is 14.2. The molecule has 0 aliphatic heterocycles. The van der Waals surface area contributed by atoms with Crippen LogP contribution in [0.4, 0.5) is 13.2 Å². The standard InChI is InChI=1S/C29H29BF3N3O6S/c30-28(39,40)29(41,42)43-22-8-3-16(4-9-22)23(15-37)35-26(38)18-5-10-24-19(12-18)14-21(36(24)20-6-7-20)13-17-2-1-11-34-25(17)27(31,32)33/h1-5,8-12,14,20,23,37,39-42H,6-7,13,15,30H2,(H,35,38). The van der Waals surface area contributed by atoms with Crippen LogP contribution in [0.15, 0.2) is 71.8 Å². The number of alkyl halides is 3. The summed E-state index contributed by atoms with van der Waals surface area (Å²) in [5.74, 6) is -0.479. The van der Waals surface area contributed by atoms with Gasteiger partial charge in [-0.1, -0.05) is 30.0 Å². The number of hydrogen-bond donors (Lipinski definition) is 6. The molecule has 1 aliphatic carbocycles. The normalized spacial score (nSPS) is 15.1. The summed E-state index contributed by atoms with van der Waals surface area (Å²) in [4.78, 5) is 17.1. The number of nitrogens with zero attached hydrogens (tertiary/aromatic N) is 2. The molecule has 14 heteroatoms. The van der Waals surface area contributed by atoms with Gasteiger partial charge in [-0.25, -0.2) is 0 Å². The third kappa shape index (κ3) is 6.74. The average molecular weight is 615 g/mol. The molecule has 1 atom stereocenters. The quantitative estimate of drug-likeness (QED) is 0.0906. The molecule has 0 radical (unpaired) electrons. The molecule has 1 amide bonds. The lowest BCUT2D eigenvalue weighted by Crippen LogP contribution is -2.52. The molecule has 43 heavy (non-hydrogen) atoms. The zero-order valence-electron chi connectivity index (χ0n) is 22.9. The van der Waals surface area contributed by atoms with E-state index in [0.29, 0.717) is 38.9 Å². The predicted octanol–water partition coefficient (Wildman–Crippen LogP) is 2.45. The highest BCUT2D eigenvalue weighted by molar-refractivity contribution is 8.00. The molecule has 2 heterocycles. The van der Waals surface area contributed by atoms with Crippen LogP contribution in [-0.4, -0.2) is 66.2 Å². The van der Waals surface area contributed by atoms with Crippen molar-refractivity contribution in [3.8, 4) is 0 Å². The topological polar surface area (TPSA) is 148 Å². The Kier molecular flexibility index (Phi) is 8.37. The molecule has 1 fully saturated rings. The number of aromatic nitrogens is 2. The van der Waals surface area contributed by atoms with Gasteiger partial charge in [-0.05, 0) is 66.4 Å². The minimum absolute atomic E-state index is 0.0276. The number of thioether (sulfide) groups is 1. The van der Waals surface area contributed by atoms with E-state index in [0.717, 1.165) is 32.4 Å². The number of carbonyl (C=O) groups is 1. The van der Waals surface area contributed by atoms with E-state index < -0.39 is 41.2 Å². The smallest absolute Gasteiger partial charge is 0.394 e. The van der Waals surface area contributed by atoms with Crippen LogP contribution in [0.5, 0.6) is 0 Å². The van der Waals surface area contributed by atoms with Gasteiger partial charge in [0, 0.05) is 45.7 Å². The summed E-state index contributed by atoms with van der Waals surface area (Å²) >= 11 is 0.405. The van der Waals surface area contributed by atoms with Gasteiger partial charge < -0.3 is 35.4 Å². The number of carbonyl (C=O) groups excluding carboxylic acids is 1. The highest BCUT2D eigenvalue weighted by Gasteiger charge is 2.44. The van der Waals surface area contributed by atoms with E-state index in [2.05, 4.69) is 10.3 Å². The Morgan fingerprint density at radius 3 is 2.37 bits per heavy atom. The lowest BCUT2D eigenvalue weighted by molar-refractivity contribution is -0.261. The predicted molar refractivity (Wildman–Crippen MR) is 155 cm³/mol. The third-order valence-electron chi connectivity index (χ3n) is 7.27. The summed E-state index contributed by atoms with van der Waals surface area (Å²) in [5.41, 5.74) is -1.33. The summed E-state index contributed by atoms with van der Waals surface area (Å²) in [6.07, 6.45) is -1.61. The maximum absolute atomic E-state index is 13.6. The Hall–Kier alpha value is -3.40. The van der Waals surface area contributed by atoms with E-state index in [1.807, 2.05) is 4.57 Å². The second kappa shape index (κ2) is 11.6. The van der Waals surface area contributed by atoms with Crippen molar-refractivity contribution in [2.24, 2.45) is 0 Å². The highest BCUT2D eigenvalue weighted by atomic mass is 32.2. The number of aliphatic hydroxyl groups is 5. The summed E-state index contributed by atoms with van der Waals surface area (Å²) in [5, 5.41) is 49.4. The van der Waals surface area contributed by atoms with Crippen LogP contribution in [0.2, 0.25) is 0 Å². The molecule has 226 valence electrons. The Bertz CT molecular complexity index is 1640. The lowest BCUT2D eigenvalue weighted by Gasteiger charge is -2.31. The van der Waals surface area contributed by atoms with Gasteiger partial charge in [-0.15, -0.1) is 0 Å². The van der Waals surface area contributed by atoms with Crippen LogP contribution in [0.3, 0.4) is 0 Å². The van der Waals surface area contributed by atoms with E-state index in [-0.39, 0.29) is 18.0 Å². The van der Waals surface area contributed by atoms with Crippen LogP contribution in [0.1, 0.15) is 57.8 Å². The minimum atomic E-state index is -4.58. The molecule has 0 spiro atoms.